The molecular formula is C14H18Cl3NO. The van der Waals surface area contributed by atoms with Crippen LogP contribution in [0.3, 0.4) is 0 Å². The van der Waals surface area contributed by atoms with Crippen LogP contribution < -0.4 is 5.32 Å². The van der Waals surface area contributed by atoms with Crippen molar-refractivity contribution in [2.24, 2.45) is 5.41 Å². The minimum absolute atomic E-state index is 0.0510. The molecule has 0 aliphatic heterocycles. The maximum absolute atomic E-state index is 9.68. The Morgan fingerprint density at radius 3 is 2.16 bits per heavy atom. The molecule has 0 unspecified atom stereocenters. The van der Waals surface area contributed by atoms with Crippen LogP contribution in [-0.2, 0) is 0 Å². The third-order valence-electron chi connectivity index (χ3n) is 3.90. The van der Waals surface area contributed by atoms with Crippen LogP contribution in [0.25, 0.3) is 0 Å². The summed E-state index contributed by atoms with van der Waals surface area (Å²) in [5.41, 5.74) is 0.649. The van der Waals surface area contributed by atoms with E-state index in [2.05, 4.69) is 5.32 Å². The minimum atomic E-state index is -0.0510. The molecule has 1 fully saturated rings. The number of nitrogens with one attached hydrogen (secondary N) is 1. The van der Waals surface area contributed by atoms with Crippen molar-refractivity contribution in [3.63, 3.8) is 0 Å². The van der Waals surface area contributed by atoms with E-state index >= 15 is 0 Å². The molecule has 1 aromatic rings. The average molecular weight is 323 g/mol. The zero-order chi connectivity index (χ0) is 13.9. The number of benzene rings is 1. The molecule has 1 saturated carbocycles. The van der Waals surface area contributed by atoms with Crippen LogP contribution in [0.2, 0.25) is 15.1 Å². The molecule has 1 aliphatic carbocycles. The molecule has 2 rings (SSSR count). The molecule has 2 nitrogen and oxygen atoms in total. The van der Waals surface area contributed by atoms with E-state index in [1.165, 1.54) is 19.3 Å². The summed E-state index contributed by atoms with van der Waals surface area (Å²) in [6.07, 6.45) is 5.68. The van der Waals surface area contributed by atoms with Crippen molar-refractivity contribution in [1.29, 1.82) is 0 Å². The summed E-state index contributed by atoms with van der Waals surface area (Å²) in [4.78, 5) is 0. The van der Waals surface area contributed by atoms with Crippen LogP contribution in [0.1, 0.15) is 32.1 Å². The van der Waals surface area contributed by atoms with Crippen LogP contribution in [0.4, 0.5) is 5.69 Å². The van der Waals surface area contributed by atoms with Crippen LogP contribution in [0, 0.1) is 5.41 Å². The molecule has 0 spiro atoms. The van der Waals surface area contributed by atoms with E-state index in [0.29, 0.717) is 27.3 Å². The van der Waals surface area contributed by atoms with Crippen molar-refractivity contribution < 1.29 is 5.11 Å². The number of anilines is 1. The normalized spacial score (nSPS) is 18.3. The number of rotatable bonds is 4. The highest BCUT2D eigenvalue weighted by atomic mass is 35.5. The van der Waals surface area contributed by atoms with Crippen molar-refractivity contribution >= 4 is 40.5 Å². The van der Waals surface area contributed by atoms with Crippen LogP contribution in [-0.4, -0.2) is 18.3 Å². The lowest BCUT2D eigenvalue weighted by atomic mass is 9.74. The van der Waals surface area contributed by atoms with E-state index in [1.807, 2.05) is 0 Å². The first kappa shape index (κ1) is 15.2. The second-order valence-corrected chi connectivity index (χ2v) is 6.57. The van der Waals surface area contributed by atoms with Gasteiger partial charge in [0.1, 0.15) is 0 Å². The second-order valence-electron chi connectivity index (χ2n) is 5.32. The lowest BCUT2D eigenvalue weighted by Gasteiger charge is -2.36. The number of hydrogen-bond donors (Lipinski definition) is 2. The molecule has 0 bridgehead atoms. The third-order valence-corrected chi connectivity index (χ3v) is 4.71. The highest BCUT2D eigenvalue weighted by Gasteiger charge is 2.31. The van der Waals surface area contributed by atoms with Gasteiger partial charge in [0, 0.05) is 17.0 Å². The van der Waals surface area contributed by atoms with Gasteiger partial charge in [-0.2, -0.15) is 0 Å². The third kappa shape index (κ3) is 3.69. The summed E-state index contributed by atoms with van der Waals surface area (Å²) >= 11 is 18.2. The first-order valence-corrected chi connectivity index (χ1v) is 7.69. The van der Waals surface area contributed by atoms with E-state index < -0.39 is 0 Å². The summed E-state index contributed by atoms with van der Waals surface area (Å²) in [6.45, 7) is 0.882. The number of aliphatic hydroxyl groups excluding tert-OH is 1. The Balaban J connectivity index is 2.09. The molecule has 0 atom stereocenters. The van der Waals surface area contributed by atoms with Gasteiger partial charge in [0.15, 0.2) is 0 Å². The standard InChI is InChI=1S/C14H18Cl3NO/c15-10-6-11(16)13(12(17)7-10)18-8-14(9-19)4-2-1-3-5-14/h6-7,18-19H,1-5,8-9H2. The van der Waals surface area contributed by atoms with Gasteiger partial charge >= 0.3 is 0 Å². The fraction of sp³-hybridized carbons (Fsp3) is 0.571. The molecule has 0 radical (unpaired) electrons. The van der Waals surface area contributed by atoms with Gasteiger partial charge in [0.05, 0.1) is 22.3 Å². The Labute approximate surface area is 129 Å². The lowest BCUT2D eigenvalue weighted by Crippen LogP contribution is -2.35. The summed E-state index contributed by atoms with van der Waals surface area (Å²) in [6, 6.07) is 3.34. The molecule has 0 amide bonds. The Hall–Kier alpha value is -0.150. The molecule has 0 heterocycles. The van der Waals surface area contributed by atoms with E-state index in [-0.39, 0.29) is 12.0 Å². The number of aliphatic hydroxyl groups is 1. The van der Waals surface area contributed by atoms with Gasteiger partial charge in [0.2, 0.25) is 0 Å². The quantitative estimate of drug-likeness (QED) is 0.817. The van der Waals surface area contributed by atoms with Crippen molar-refractivity contribution in [3.05, 3.63) is 27.2 Å². The molecular weight excluding hydrogens is 305 g/mol. The van der Waals surface area contributed by atoms with Gasteiger partial charge in [-0.3, -0.25) is 0 Å². The van der Waals surface area contributed by atoms with Crippen LogP contribution in [0.15, 0.2) is 12.1 Å². The van der Waals surface area contributed by atoms with Crippen molar-refractivity contribution in [2.75, 3.05) is 18.5 Å². The first-order chi connectivity index (χ1) is 9.06. The summed E-state index contributed by atoms with van der Waals surface area (Å²) in [7, 11) is 0. The maximum atomic E-state index is 9.68. The summed E-state index contributed by atoms with van der Waals surface area (Å²) < 4.78 is 0. The van der Waals surface area contributed by atoms with E-state index in [9.17, 15) is 5.11 Å². The highest BCUT2D eigenvalue weighted by molar-refractivity contribution is 6.41. The van der Waals surface area contributed by atoms with Crippen LogP contribution in [0.5, 0.6) is 0 Å². The smallest absolute Gasteiger partial charge is 0.0720 e. The Bertz CT molecular complexity index is 421. The fourth-order valence-electron chi connectivity index (χ4n) is 2.68. The SMILES string of the molecule is OCC1(CNc2c(Cl)cc(Cl)cc2Cl)CCCCC1. The molecule has 1 aliphatic rings. The van der Waals surface area contributed by atoms with Crippen LogP contribution >= 0.6 is 34.8 Å². The molecule has 106 valence electrons. The minimum Gasteiger partial charge on any atom is -0.396 e. The topological polar surface area (TPSA) is 32.3 Å². The van der Waals surface area contributed by atoms with Gasteiger partial charge < -0.3 is 10.4 Å². The molecule has 1 aromatic carbocycles. The second kappa shape index (κ2) is 6.53. The van der Waals surface area contributed by atoms with E-state index in [0.717, 1.165) is 12.8 Å². The fourth-order valence-corrected chi connectivity index (χ4v) is 3.63. The van der Waals surface area contributed by atoms with Crippen molar-refractivity contribution in [3.8, 4) is 0 Å². The van der Waals surface area contributed by atoms with E-state index in [1.54, 1.807) is 12.1 Å². The van der Waals surface area contributed by atoms with Gasteiger partial charge in [-0.05, 0) is 25.0 Å². The summed E-state index contributed by atoms with van der Waals surface area (Å²) in [5, 5.41) is 14.5. The molecule has 2 N–H and O–H groups in total. The predicted molar refractivity (Wildman–Crippen MR) is 82.6 cm³/mol. The summed E-state index contributed by atoms with van der Waals surface area (Å²) in [5.74, 6) is 0. The zero-order valence-electron chi connectivity index (χ0n) is 10.7. The van der Waals surface area contributed by atoms with Crippen molar-refractivity contribution in [2.45, 2.75) is 32.1 Å². The van der Waals surface area contributed by atoms with Gasteiger partial charge in [-0.1, -0.05) is 54.1 Å². The average Bonchev–Trinajstić information content (AvgIpc) is 2.38. The molecule has 0 aromatic heterocycles. The number of hydrogen-bond acceptors (Lipinski definition) is 2. The van der Waals surface area contributed by atoms with Crippen molar-refractivity contribution in [1.82, 2.24) is 0 Å². The predicted octanol–water partition coefficient (Wildman–Crippen LogP) is 5.00. The molecule has 0 saturated heterocycles. The largest absolute Gasteiger partial charge is 0.396 e. The first-order valence-electron chi connectivity index (χ1n) is 6.56. The Morgan fingerprint density at radius 1 is 1.05 bits per heavy atom. The zero-order valence-corrected chi connectivity index (χ0v) is 13.0. The highest BCUT2D eigenvalue weighted by Crippen LogP contribution is 2.38. The lowest BCUT2D eigenvalue weighted by molar-refractivity contribution is 0.0944. The van der Waals surface area contributed by atoms with E-state index in [4.69, 9.17) is 34.8 Å². The van der Waals surface area contributed by atoms with Gasteiger partial charge in [-0.25, -0.2) is 0 Å². The van der Waals surface area contributed by atoms with Gasteiger partial charge in [-0.15, -0.1) is 0 Å². The Morgan fingerprint density at radius 2 is 1.63 bits per heavy atom. The molecule has 5 heteroatoms. The molecule has 19 heavy (non-hydrogen) atoms. The monoisotopic (exact) mass is 321 g/mol. The van der Waals surface area contributed by atoms with Gasteiger partial charge in [0.25, 0.3) is 0 Å². The maximum Gasteiger partial charge on any atom is 0.0720 e. The Kier molecular flexibility index (Phi) is 5.24. The number of halogens is 3.